The molecule has 0 spiro atoms. The molecule has 0 aliphatic heterocycles. The lowest BCUT2D eigenvalue weighted by Crippen LogP contribution is -2.19. The minimum absolute atomic E-state index is 0.339. The Bertz CT molecular complexity index is 243. The summed E-state index contributed by atoms with van der Waals surface area (Å²) in [6.07, 6.45) is 9.84. The molecular weight excluding hydrogens is 198 g/mol. The van der Waals surface area contributed by atoms with E-state index in [2.05, 4.69) is 19.2 Å². The number of hydrogen-bond acceptors (Lipinski definition) is 2. The molecule has 1 aromatic heterocycles. The summed E-state index contributed by atoms with van der Waals surface area (Å²) in [5.74, 6) is 1.03. The summed E-state index contributed by atoms with van der Waals surface area (Å²) in [5.41, 5.74) is 0. The van der Waals surface area contributed by atoms with Crippen molar-refractivity contribution in [3.8, 4) is 0 Å². The maximum Gasteiger partial charge on any atom is 0.120 e. The molecule has 1 unspecified atom stereocenters. The van der Waals surface area contributed by atoms with Gasteiger partial charge in [0, 0.05) is 0 Å². The molecule has 0 bridgehead atoms. The summed E-state index contributed by atoms with van der Waals surface area (Å²) in [6.45, 7) is 5.50. The monoisotopic (exact) mass is 223 g/mol. The molecule has 1 atom stereocenters. The molecule has 0 saturated heterocycles. The van der Waals surface area contributed by atoms with E-state index < -0.39 is 0 Å². The van der Waals surface area contributed by atoms with Crippen LogP contribution in [-0.2, 0) is 0 Å². The number of hydrogen-bond donors (Lipinski definition) is 1. The van der Waals surface area contributed by atoms with Gasteiger partial charge in [-0.1, -0.05) is 39.0 Å². The van der Waals surface area contributed by atoms with Gasteiger partial charge in [0.25, 0.3) is 0 Å². The van der Waals surface area contributed by atoms with Crippen LogP contribution in [-0.4, -0.2) is 6.54 Å². The van der Waals surface area contributed by atoms with Gasteiger partial charge in [-0.15, -0.1) is 0 Å². The third-order valence-corrected chi connectivity index (χ3v) is 2.95. The minimum atomic E-state index is 0.339. The molecular formula is C14H25NO. The SMILES string of the molecule is CCCCCCCCNC(C)c1ccco1. The van der Waals surface area contributed by atoms with E-state index in [4.69, 9.17) is 4.42 Å². The Morgan fingerprint density at radius 2 is 1.94 bits per heavy atom. The lowest BCUT2D eigenvalue weighted by atomic mass is 10.1. The van der Waals surface area contributed by atoms with Gasteiger partial charge in [0.1, 0.15) is 5.76 Å². The second kappa shape index (κ2) is 8.40. The summed E-state index contributed by atoms with van der Waals surface area (Å²) in [6, 6.07) is 4.31. The Balaban J connectivity index is 1.95. The maximum atomic E-state index is 5.34. The molecule has 16 heavy (non-hydrogen) atoms. The molecule has 1 rings (SSSR count). The average Bonchev–Trinajstić information content (AvgIpc) is 2.81. The van der Waals surface area contributed by atoms with Gasteiger partial charge in [-0.2, -0.15) is 0 Å². The second-order valence-corrected chi connectivity index (χ2v) is 4.46. The fourth-order valence-corrected chi connectivity index (χ4v) is 1.86. The lowest BCUT2D eigenvalue weighted by molar-refractivity contribution is 0.425. The van der Waals surface area contributed by atoms with Crippen molar-refractivity contribution in [1.82, 2.24) is 5.32 Å². The first-order valence-electron chi connectivity index (χ1n) is 6.61. The molecule has 0 aliphatic carbocycles. The quantitative estimate of drug-likeness (QED) is 0.632. The van der Waals surface area contributed by atoms with Gasteiger partial charge >= 0.3 is 0 Å². The predicted molar refractivity (Wildman–Crippen MR) is 68.5 cm³/mol. The summed E-state index contributed by atoms with van der Waals surface area (Å²) in [7, 11) is 0. The van der Waals surface area contributed by atoms with Crippen molar-refractivity contribution in [1.29, 1.82) is 0 Å². The van der Waals surface area contributed by atoms with Crippen LogP contribution in [0.25, 0.3) is 0 Å². The number of unbranched alkanes of at least 4 members (excludes halogenated alkanes) is 5. The topological polar surface area (TPSA) is 25.2 Å². The molecule has 1 heterocycles. The molecule has 0 radical (unpaired) electrons. The zero-order chi connectivity index (χ0) is 11.6. The fourth-order valence-electron chi connectivity index (χ4n) is 1.86. The smallest absolute Gasteiger partial charge is 0.120 e. The van der Waals surface area contributed by atoms with Crippen molar-refractivity contribution in [3.63, 3.8) is 0 Å². The number of furan rings is 1. The van der Waals surface area contributed by atoms with Crippen molar-refractivity contribution in [3.05, 3.63) is 24.2 Å². The summed E-state index contributed by atoms with van der Waals surface area (Å²) < 4.78 is 5.34. The van der Waals surface area contributed by atoms with E-state index in [0.29, 0.717) is 6.04 Å². The van der Waals surface area contributed by atoms with Crippen LogP contribution in [0.2, 0.25) is 0 Å². The predicted octanol–water partition coefficient (Wildman–Crippen LogP) is 4.29. The number of nitrogens with one attached hydrogen (secondary N) is 1. The molecule has 92 valence electrons. The Hall–Kier alpha value is -0.760. The normalized spacial score (nSPS) is 12.9. The Labute approximate surface area is 99.4 Å². The molecule has 0 aliphatic rings. The van der Waals surface area contributed by atoms with Crippen LogP contribution in [0.5, 0.6) is 0 Å². The van der Waals surface area contributed by atoms with Gasteiger partial charge in [0.05, 0.1) is 12.3 Å². The van der Waals surface area contributed by atoms with Gasteiger partial charge in [-0.3, -0.25) is 0 Å². The lowest BCUT2D eigenvalue weighted by Gasteiger charge is -2.10. The van der Waals surface area contributed by atoms with E-state index >= 15 is 0 Å². The highest BCUT2D eigenvalue weighted by Gasteiger charge is 2.05. The summed E-state index contributed by atoms with van der Waals surface area (Å²) in [4.78, 5) is 0. The minimum Gasteiger partial charge on any atom is -0.468 e. The van der Waals surface area contributed by atoms with Gasteiger partial charge in [-0.25, -0.2) is 0 Å². The molecule has 1 N–H and O–H groups in total. The molecule has 2 nitrogen and oxygen atoms in total. The van der Waals surface area contributed by atoms with E-state index in [1.54, 1.807) is 6.26 Å². The van der Waals surface area contributed by atoms with Crippen LogP contribution in [0.1, 0.15) is 64.2 Å². The van der Waals surface area contributed by atoms with Gasteiger partial charge < -0.3 is 9.73 Å². The third-order valence-electron chi connectivity index (χ3n) is 2.95. The first-order valence-corrected chi connectivity index (χ1v) is 6.61. The second-order valence-electron chi connectivity index (χ2n) is 4.46. The van der Waals surface area contributed by atoms with Crippen molar-refractivity contribution in [2.45, 2.75) is 58.4 Å². The first-order chi connectivity index (χ1) is 7.84. The van der Waals surface area contributed by atoms with Crippen LogP contribution in [0, 0.1) is 0 Å². The Morgan fingerprint density at radius 1 is 1.19 bits per heavy atom. The van der Waals surface area contributed by atoms with E-state index in [1.165, 1.54) is 38.5 Å². The third kappa shape index (κ3) is 5.36. The van der Waals surface area contributed by atoms with E-state index in [0.717, 1.165) is 12.3 Å². The molecule has 1 aromatic rings. The summed E-state index contributed by atoms with van der Waals surface area (Å²) >= 11 is 0. The zero-order valence-electron chi connectivity index (χ0n) is 10.7. The average molecular weight is 223 g/mol. The Morgan fingerprint density at radius 3 is 2.62 bits per heavy atom. The molecule has 0 saturated carbocycles. The highest BCUT2D eigenvalue weighted by atomic mass is 16.3. The Kier molecular flexibility index (Phi) is 6.98. The zero-order valence-corrected chi connectivity index (χ0v) is 10.7. The van der Waals surface area contributed by atoms with Crippen molar-refractivity contribution < 1.29 is 4.42 Å². The van der Waals surface area contributed by atoms with E-state index in [1.807, 2.05) is 12.1 Å². The van der Waals surface area contributed by atoms with Crippen molar-refractivity contribution >= 4 is 0 Å². The van der Waals surface area contributed by atoms with Crippen LogP contribution in [0.3, 0.4) is 0 Å². The van der Waals surface area contributed by atoms with Gasteiger partial charge in [-0.05, 0) is 32.0 Å². The summed E-state index contributed by atoms with van der Waals surface area (Å²) in [5, 5.41) is 3.48. The van der Waals surface area contributed by atoms with Gasteiger partial charge in [0.2, 0.25) is 0 Å². The van der Waals surface area contributed by atoms with Crippen LogP contribution in [0.4, 0.5) is 0 Å². The van der Waals surface area contributed by atoms with Gasteiger partial charge in [0.15, 0.2) is 0 Å². The molecule has 0 fully saturated rings. The highest BCUT2D eigenvalue weighted by Crippen LogP contribution is 2.12. The van der Waals surface area contributed by atoms with Crippen LogP contribution < -0.4 is 5.32 Å². The van der Waals surface area contributed by atoms with Crippen molar-refractivity contribution in [2.24, 2.45) is 0 Å². The van der Waals surface area contributed by atoms with E-state index in [-0.39, 0.29) is 0 Å². The standard InChI is InChI=1S/C14H25NO/c1-3-4-5-6-7-8-11-15-13(2)14-10-9-12-16-14/h9-10,12-13,15H,3-8,11H2,1-2H3. The van der Waals surface area contributed by atoms with E-state index in [9.17, 15) is 0 Å². The fraction of sp³-hybridized carbons (Fsp3) is 0.714. The van der Waals surface area contributed by atoms with Crippen molar-refractivity contribution in [2.75, 3.05) is 6.54 Å². The molecule has 0 amide bonds. The largest absolute Gasteiger partial charge is 0.468 e. The highest BCUT2D eigenvalue weighted by molar-refractivity contribution is 5.02. The number of rotatable bonds is 9. The molecule has 0 aromatic carbocycles. The first kappa shape index (κ1) is 13.3. The van der Waals surface area contributed by atoms with Crippen LogP contribution >= 0.6 is 0 Å². The molecule has 2 heteroatoms. The maximum absolute atomic E-state index is 5.34. The van der Waals surface area contributed by atoms with Crippen LogP contribution in [0.15, 0.2) is 22.8 Å².